The van der Waals surface area contributed by atoms with Crippen molar-refractivity contribution in [3.63, 3.8) is 0 Å². The normalized spacial score (nSPS) is 11.5. The van der Waals surface area contributed by atoms with Crippen LogP contribution < -0.4 is 4.57 Å². The van der Waals surface area contributed by atoms with Crippen molar-refractivity contribution in [2.45, 2.75) is 10.3 Å². The van der Waals surface area contributed by atoms with Crippen molar-refractivity contribution in [3.05, 3.63) is 60.2 Å². The summed E-state index contributed by atoms with van der Waals surface area (Å²) in [6, 6.07) is 10.1. The molecule has 88 valence electrons. The third kappa shape index (κ3) is 3.56. The topological polar surface area (TPSA) is 16.8 Å². The quantitative estimate of drug-likeness (QED) is 0.612. The second-order valence-corrected chi connectivity index (χ2v) is 5.88. The molecule has 17 heavy (non-hydrogen) atoms. The fraction of sp³-hybridized carbons (Fsp3) is 0.167. The van der Waals surface area contributed by atoms with E-state index in [2.05, 4.69) is 4.98 Å². The van der Waals surface area contributed by atoms with E-state index in [4.69, 9.17) is 34.8 Å². The zero-order valence-electron chi connectivity index (χ0n) is 8.85. The van der Waals surface area contributed by atoms with Crippen molar-refractivity contribution in [3.8, 4) is 0 Å². The molecule has 0 aliphatic rings. The Morgan fingerprint density at radius 1 is 1.12 bits per heavy atom. The predicted molar refractivity (Wildman–Crippen MR) is 69.2 cm³/mol. The average Bonchev–Trinajstić information content (AvgIpc) is 2.29. The lowest BCUT2D eigenvalue weighted by atomic mass is 10.2. The molecular weight excluding hydrogens is 279 g/mol. The van der Waals surface area contributed by atoms with Gasteiger partial charge in [-0.2, -0.15) is 4.57 Å². The van der Waals surface area contributed by atoms with Crippen molar-refractivity contribution in [2.24, 2.45) is 0 Å². The Bertz CT molecular complexity index is 495. The molecule has 0 atom stereocenters. The molecule has 0 bridgehead atoms. The third-order valence-electron chi connectivity index (χ3n) is 2.26. The van der Waals surface area contributed by atoms with Gasteiger partial charge in [-0.3, -0.25) is 0 Å². The van der Waals surface area contributed by atoms with Crippen LogP contribution in [0.4, 0.5) is 0 Å². The maximum Gasteiger partial charge on any atom is 0.238 e. The molecule has 0 saturated heterocycles. The minimum Gasteiger partial charge on any atom is -0.244 e. The van der Waals surface area contributed by atoms with Crippen LogP contribution >= 0.6 is 34.8 Å². The molecule has 2 aromatic rings. The molecule has 0 aliphatic carbocycles. The van der Waals surface area contributed by atoms with E-state index in [0.717, 1.165) is 6.54 Å². The Morgan fingerprint density at radius 3 is 2.47 bits per heavy atom. The van der Waals surface area contributed by atoms with Crippen molar-refractivity contribution in [1.82, 2.24) is 4.98 Å². The number of alkyl halides is 3. The molecule has 0 saturated carbocycles. The average molecular weight is 289 g/mol. The van der Waals surface area contributed by atoms with Crippen molar-refractivity contribution < 1.29 is 4.57 Å². The van der Waals surface area contributed by atoms with E-state index < -0.39 is 3.79 Å². The highest BCUT2D eigenvalue weighted by Gasteiger charge is 2.27. The van der Waals surface area contributed by atoms with E-state index in [-0.39, 0.29) is 0 Å². The van der Waals surface area contributed by atoms with Gasteiger partial charge in [0, 0.05) is 5.56 Å². The molecule has 2 nitrogen and oxygen atoms in total. The van der Waals surface area contributed by atoms with E-state index >= 15 is 0 Å². The minimum atomic E-state index is -1.49. The predicted octanol–water partition coefficient (Wildman–Crippen LogP) is 3.24. The van der Waals surface area contributed by atoms with Crippen LogP contribution in [0.3, 0.4) is 0 Å². The van der Waals surface area contributed by atoms with Crippen LogP contribution in [0.1, 0.15) is 11.3 Å². The summed E-state index contributed by atoms with van der Waals surface area (Å²) < 4.78 is 0.444. The standard InChI is InChI=1S/C12H10Cl3N2/c13-12(14,15)11-9-17(7-6-16-11)8-10-4-2-1-3-5-10/h1-7,9H,8H2/q+1. The summed E-state index contributed by atoms with van der Waals surface area (Å²) in [6.45, 7) is 0.719. The largest absolute Gasteiger partial charge is 0.244 e. The first kappa shape index (κ1) is 12.6. The SMILES string of the molecule is ClC(Cl)(Cl)c1c[n+](Cc2ccccc2)ccn1. The van der Waals surface area contributed by atoms with Gasteiger partial charge < -0.3 is 0 Å². The molecule has 0 radical (unpaired) electrons. The zero-order valence-corrected chi connectivity index (χ0v) is 11.1. The number of benzene rings is 1. The van der Waals surface area contributed by atoms with E-state index in [1.54, 1.807) is 12.4 Å². The molecule has 1 heterocycles. The van der Waals surface area contributed by atoms with E-state index in [0.29, 0.717) is 5.69 Å². The lowest BCUT2D eigenvalue weighted by Crippen LogP contribution is -2.35. The molecule has 0 spiro atoms. The summed E-state index contributed by atoms with van der Waals surface area (Å²) in [5.41, 5.74) is 1.60. The number of rotatable bonds is 2. The number of halogens is 3. The van der Waals surface area contributed by atoms with Gasteiger partial charge in [-0.1, -0.05) is 65.1 Å². The molecule has 2 rings (SSSR count). The van der Waals surface area contributed by atoms with Crippen LogP contribution in [0.25, 0.3) is 0 Å². The Kier molecular flexibility index (Phi) is 3.87. The Morgan fingerprint density at radius 2 is 1.82 bits per heavy atom. The lowest BCUT2D eigenvalue weighted by Gasteiger charge is -2.07. The van der Waals surface area contributed by atoms with Crippen LogP contribution in [0, 0.1) is 0 Å². The summed E-state index contributed by atoms with van der Waals surface area (Å²) in [7, 11) is 0. The fourth-order valence-electron chi connectivity index (χ4n) is 1.47. The summed E-state index contributed by atoms with van der Waals surface area (Å²) in [4.78, 5) is 4.04. The van der Waals surface area contributed by atoms with Gasteiger partial charge in [0.05, 0.1) is 6.20 Å². The first-order valence-corrected chi connectivity index (χ1v) is 6.15. The van der Waals surface area contributed by atoms with Gasteiger partial charge in [-0.05, 0) is 0 Å². The Balaban J connectivity index is 2.23. The van der Waals surface area contributed by atoms with Gasteiger partial charge in [-0.25, -0.2) is 4.98 Å². The molecule has 0 aliphatic heterocycles. The summed E-state index contributed by atoms with van der Waals surface area (Å²) in [5.74, 6) is 0. The molecule has 0 unspecified atom stereocenters. The first-order chi connectivity index (χ1) is 8.05. The summed E-state index contributed by atoms with van der Waals surface area (Å²) in [6.07, 6.45) is 5.20. The van der Waals surface area contributed by atoms with E-state index in [9.17, 15) is 0 Å². The van der Waals surface area contributed by atoms with Crippen LogP contribution in [-0.4, -0.2) is 4.98 Å². The van der Waals surface area contributed by atoms with Crippen molar-refractivity contribution in [2.75, 3.05) is 0 Å². The molecule has 1 aromatic heterocycles. The molecule has 0 amide bonds. The molecule has 1 aromatic carbocycles. The first-order valence-electron chi connectivity index (χ1n) is 5.02. The van der Waals surface area contributed by atoms with Gasteiger partial charge >= 0.3 is 0 Å². The van der Waals surface area contributed by atoms with Crippen LogP contribution in [0.2, 0.25) is 0 Å². The Hall–Kier alpha value is -0.830. The molecule has 5 heteroatoms. The maximum absolute atomic E-state index is 5.79. The van der Waals surface area contributed by atoms with Crippen LogP contribution in [-0.2, 0) is 10.3 Å². The molecule has 0 fully saturated rings. The van der Waals surface area contributed by atoms with E-state index in [1.165, 1.54) is 5.56 Å². The minimum absolute atomic E-state index is 0.418. The maximum atomic E-state index is 5.79. The van der Waals surface area contributed by atoms with Gasteiger partial charge in [0.2, 0.25) is 3.79 Å². The lowest BCUT2D eigenvalue weighted by molar-refractivity contribution is -0.689. The van der Waals surface area contributed by atoms with E-state index in [1.807, 2.05) is 41.1 Å². The second kappa shape index (κ2) is 5.21. The smallest absolute Gasteiger partial charge is 0.238 e. The van der Waals surface area contributed by atoms with Gasteiger partial charge in [0.15, 0.2) is 24.6 Å². The highest BCUT2D eigenvalue weighted by atomic mass is 35.6. The van der Waals surface area contributed by atoms with Crippen molar-refractivity contribution in [1.29, 1.82) is 0 Å². The van der Waals surface area contributed by atoms with Crippen molar-refractivity contribution >= 4 is 34.8 Å². The number of aromatic nitrogens is 2. The highest BCUT2D eigenvalue weighted by molar-refractivity contribution is 6.66. The van der Waals surface area contributed by atoms with Gasteiger partial charge in [0.1, 0.15) is 0 Å². The highest BCUT2D eigenvalue weighted by Crippen LogP contribution is 2.35. The monoisotopic (exact) mass is 287 g/mol. The number of hydrogen-bond acceptors (Lipinski definition) is 1. The van der Waals surface area contributed by atoms with Crippen LogP contribution in [0.5, 0.6) is 0 Å². The zero-order chi connectivity index (χ0) is 12.3. The Labute approximate surface area is 115 Å². The van der Waals surface area contributed by atoms with Gasteiger partial charge in [0.25, 0.3) is 0 Å². The third-order valence-corrected chi connectivity index (χ3v) is 2.84. The summed E-state index contributed by atoms with van der Waals surface area (Å²) in [5, 5.41) is 0. The fourth-order valence-corrected chi connectivity index (χ4v) is 1.76. The molecule has 0 N–H and O–H groups in total. The van der Waals surface area contributed by atoms with Gasteiger partial charge in [-0.15, -0.1) is 0 Å². The number of nitrogens with zero attached hydrogens (tertiary/aromatic N) is 2. The van der Waals surface area contributed by atoms with Crippen LogP contribution in [0.15, 0.2) is 48.9 Å². The summed E-state index contributed by atoms with van der Waals surface area (Å²) >= 11 is 17.4. The molecular formula is C12H10Cl3N2+. The second-order valence-electron chi connectivity index (χ2n) is 3.60. The number of hydrogen-bond donors (Lipinski definition) is 0.